The molecule has 0 heterocycles. The number of rotatable bonds is 40. The van der Waals surface area contributed by atoms with E-state index < -0.39 is 45.1 Å². The first-order chi connectivity index (χ1) is 26.2. The number of carbonyl (C=O) groups excluding carboxylic acids is 1. The topological polar surface area (TPSA) is 155 Å². The van der Waals surface area contributed by atoms with Gasteiger partial charge in [0, 0.05) is 13.0 Å². The van der Waals surface area contributed by atoms with E-state index in [1.807, 2.05) is 0 Å². The summed E-state index contributed by atoms with van der Waals surface area (Å²) in [6, 6.07) is -1.48. The number of carboxylic acids is 1. The smallest absolute Gasteiger partial charge is 0.472 e. The maximum absolute atomic E-state index is 12.6. The molecule has 0 fully saturated rings. The molecule has 0 aromatic rings. The molecule has 0 aromatic carbocycles. The predicted molar refractivity (Wildman–Crippen MR) is 221 cm³/mol. The Bertz CT molecular complexity index is 1050. The van der Waals surface area contributed by atoms with Gasteiger partial charge in [-0.15, -0.1) is 0 Å². The molecule has 314 valence electrons. The second-order valence-corrected chi connectivity index (χ2v) is 15.5. The molecular weight excluding hydrogens is 705 g/mol. The fourth-order valence-corrected chi connectivity index (χ4v) is 6.33. The summed E-state index contributed by atoms with van der Waals surface area (Å²) < 4.78 is 33.3. The van der Waals surface area contributed by atoms with Crippen LogP contribution < -0.4 is 5.73 Å². The highest BCUT2D eigenvalue weighted by Crippen LogP contribution is 2.43. The van der Waals surface area contributed by atoms with Gasteiger partial charge in [-0.1, -0.05) is 146 Å². The number of carbonyl (C=O) groups is 2. The average molecular weight is 784 g/mol. The second-order valence-electron chi connectivity index (χ2n) is 14.1. The highest BCUT2D eigenvalue weighted by molar-refractivity contribution is 7.47. The molecule has 0 amide bonds. The molecule has 0 spiro atoms. The van der Waals surface area contributed by atoms with E-state index in [4.69, 9.17) is 29.4 Å². The third kappa shape index (κ3) is 38.2. The van der Waals surface area contributed by atoms with Crippen molar-refractivity contribution in [2.24, 2.45) is 5.73 Å². The van der Waals surface area contributed by atoms with Crippen LogP contribution in [0.25, 0.3) is 0 Å². The number of phosphoric acid groups is 1. The monoisotopic (exact) mass is 784 g/mol. The first kappa shape index (κ1) is 51.9. The van der Waals surface area contributed by atoms with Crippen LogP contribution >= 0.6 is 7.82 Å². The number of ether oxygens (including phenoxy) is 2. The Balaban J connectivity index is 4.29. The van der Waals surface area contributed by atoms with Crippen molar-refractivity contribution < 1.29 is 42.7 Å². The molecule has 0 rings (SSSR count). The first-order valence-corrected chi connectivity index (χ1v) is 22.7. The summed E-state index contributed by atoms with van der Waals surface area (Å²) in [4.78, 5) is 33.5. The molecule has 4 N–H and O–H groups in total. The Morgan fingerprint density at radius 3 is 1.63 bits per heavy atom. The van der Waals surface area contributed by atoms with Gasteiger partial charge in [0.2, 0.25) is 0 Å². The third-order valence-corrected chi connectivity index (χ3v) is 9.79. The number of phosphoric ester groups is 1. The molecule has 0 aliphatic rings. The van der Waals surface area contributed by atoms with Crippen LogP contribution in [0.1, 0.15) is 174 Å². The van der Waals surface area contributed by atoms with Gasteiger partial charge in [-0.05, 0) is 70.6 Å². The van der Waals surface area contributed by atoms with Crippen LogP contribution in [-0.2, 0) is 32.7 Å². The number of hydrogen-bond donors (Lipinski definition) is 3. The van der Waals surface area contributed by atoms with E-state index in [0.29, 0.717) is 13.0 Å². The summed E-state index contributed by atoms with van der Waals surface area (Å²) in [5.41, 5.74) is 5.35. The van der Waals surface area contributed by atoms with Crippen molar-refractivity contribution in [1.29, 1.82) is 0 Å². The Labute approximate surface area is 329 Å². The maximum Gasteiger partial charge on any atom is 0.472 e. The van der Waals surface area contributed by atoms with E-state index in [1.165, 1.54) is 70.6 Å². The molecule has 0 aromatic heterocycles. The Hall–Kier alpha value is -2.07. The molecule has 10 nitrogen and oxygen atoms in total. The molecule has 0 saturated heterocycles. The van der Waals surface area contributed by atoms with E-state index in [0.717, 1.165) is 77.0 Å². The van der Waals surface area contributed by atoms with Gasteiger partial charge < -0.3 is 25.2 Å². The zero-order valence-electron chi connectivity index (χ0n) is 34.1. The van der Waals surface area contributed by atoms with Gasteiger partial charge in [0.05, 0.1) is 19.8 Å². The molecule has 0 aliphatic heterocycles. The van der Waals surface area contributed by atoms with E-state index in [-0.39, 0.29) is 13.0 Å². The van der Waals surface area contributed by atoms with E-state index in [2.05, 4.69) is 62.5 Å². The van der Waals surface area contributed by atoms with Crippen molar-refractivity contribution in [3.8, 4) is 0 Å². The molecule has 3 atom stereocenters. The van der Waals surface area contributed by atoms with Crippen molar-refractivity contribution in [3.05, 3.63) is 48.6 Å². The summed E-state index contributed by atoms with van der Waals surface area (Å²) in [6.07, 6.45) is 44.5. The lowest BCUT2D eigenvalue weighted by Gasteiger charge is -2.20. The molecule has 0 radical (unpaired) electrons. The van der Waals surface area contributed by atoms with Crippen LogP contribution in [0.5, 0.6) is 0 Å². The van der Waals surface area contributed by atoms with Crippen LogP contribution in [-0.4, -0.2) is 60.5 Å². The molecule has 0 saturated carbocycles. The Morgan fingerprint density at radius 1 is 0.611 bits per heavy atom. The van der Waals surface area contributed by atoms with E-state index in [1.54, 1.807) is 0 Å². The van der Waals surface area contributed by atoms with Crippen molar-refractivity contribution in [2.75, 3.05) is 26.4 Å². The van der Waals surface area contributed by atoms with Gasteiger partial charge in [-0.25, -0.2) is 4.57 Å². The molecular formula is C43H78NO9P. The summed E-state index contributed by atoms with van der Waals surface area (Å²) in [5, 5.41) is 8.89. The SMILES string of the molecule is CC/C=C\C/C=C\C/C=C\CCCCCCCC(=O)OC(COCCCCCCCC/C=C\CCCCCCCCC)COP(=O)(O)OCC(N)C(=O)O. The van der Waals surface area contributed by atoms with Crippen LogP contribution in [0.15, 0.2) is 48.6 Å². The van der Waals surface area contributed by atoms with Gasteiger partial charge in [0.15, 0.2) is 0 Å². The average Bonchev–Trinajstić information content (AvgIpc) is 3.15. The number of unbranched alkanes of at least 4 members (excludes halogenated alkanes) is 18. The number of hydrogen-bond acceptors (Lipinski definition) is 8. The minimum atomic E-state index is -4.62. The number of aliphatic carboxylic acids is 1. The van der Waals surface area contributed by atoms with Gasteiger partial charge in [0.25, 0.3) is 0 Å². The van der Waals surface area contributed by atoms with Gasteiger partial charge in [-0.2, -0.15) is 0 Å². The Morgan fingerprint density at radius 2 is 1.07 bits per heavy atom. The summed E-state index contributed by atoms with van der Waals surface area (Å²) in [7, 11) is -4.62. The second kappa shape index (κ2) is 39.2. The lowest BCUT2D eigenvalue weighted by atomic mass is 10.1. The van der Waals surface area contributed by atoms with Gasteiger partial charge in [-0.3, -0.25) is 18.6 Å². The summed E-state index contributed by atoms with van der Waals surface area (Å²) in [5.74, 6) is -1.80. The highest BCUT2D eigenvalue weighted by atomic mass is 31.2. The van der Waals surface area contributed by atoms with Gasteiger partial charge >= 0.3 is 19.8 Å². The lowest BCUT2D eigenvalue weighted by molar-refractivity contribution is -0.154. The zero-order valence-corrected chi connectivity index (χ0v) is 35.0. The zero-order chi connectivity index (χ0) is 39.8. The molecule has 11 heteroatoms. The highest BCUT2D eigenvalue weighted by Gasteiger charge is 2.27. The number of esters is 1. The lowest BCUT2D eigenvalue weighted by Crippen LogP contribution is -2.34. The van der Waals surface area contributed by atoms with E-state index in [9.17, 15) is 19.0 Å². The van der Waals surface area contributed by atoms with Crippen molar-refractivity contribution in [3.63, 3.8) is 0 Å². The fraction of sp³-hybridized carbons (Fsp3) is 0.767. The number of nitrogens with two attached hydrogens (primary N) is 1. The van der Waals surface area contributed by atoms with Crippen molar-refractivity contribution in [2.45, 2.75) is 187 Å². The molecule has 54 heavy (non-hydrogen) atoms. The quantitative estimate of drug-likeness (QED) is 0.0237. The molecule has 0 aliphatic carbocycles. The first-order valence-electron chi connectivity index (χ1n) is 21.2. The van der Waals surface area contributed by atoms with Crippen LogP contribution in [0.3, 0.4) is 0 Å². The standard InChI is InChI=1S/C43H78NO9P/c1-3-5-7-9-11-13-15-17-19-20-22-24-26-28-30-32-34-36-50-37-40(38-51-54(48,49)52-39-41(44)43(46)47)53-42(45)35-33-31-29-27-25-23-21-18-16-14-12-10-8-6-4-2/h6,8,12,14,18-21,40-41H,3-5,7,9-11,13,15-17,22-39,44H2,1-2H3,(H,46,47)(H,48,49)/b8-6-,14-12-,20-19-,21-18-. The normalized spacial score (nSPS) is 14.4. The van der Waals surface area contributed by atoms with Gasteiger partial charge in [0.1, 0.15) is 12.1 Å². The molecule has 0 bridgehead atoms. The summed E-state index contributed by atoms with van der Waals surface area (Å²) >= 11 is 0. The third-order valence-electron chi connectivity index (χ3n) is 8.84. The van der Waals surface area contributed by atoms with Crippen LogP contribution in [0.4, 0.5) is 0 Å². The minimum absolute atomic E-state index is 0.00475. The fourth-order valence-electron chi connectivity index (χ4n) is 5.55. The van der Waals surface area contributed by atoms with Crippen molar-refractivity contribution in [1.82, 2.24) is 0 Å². The minimum Gasteiger partial charge on any atom is -0.480 e. The molecule has 3 unspecified atom stereocenters. The van der Waals surface area contributed by atoms with Crippen molar-refractivity contribution >= 4 is 19.8 Å². The van der Waals surface area contributed by atoms with Crippen LogP contribution in [0, 0.1) is 0 Å². The largest absolute Gasteiger partial charge is 0.480 e. The van der Waals surface area contributed by atoms with Crippen LogP contribution in [0.2, 0.25) is 0 Å². The summed E-state index contributed by atoms with van der Waals surface area (Å²) in [6.45, 7) is 3.73. The predicted octanol–water partition coefficient (Wildman–Crippen LogP) is 11.5. The number of allylic oxidation sites excluding steroid dienone is 8. The number of carboxylic acid groups (broad SMARTS) is 1. The van der Waals surface area contributed by atoms with E-state index >= 15 is 0 Å². The Kier molecular flexibility index (Phi) is 37.7. The maximum atomic E-state index is 12.6.